The number of rotatable bonds is 1. The molecule has 1 atom stereocenters. The number of amides is 5. The van der Waals surface area contributed by atoms with E-state index in [2.05, 4.69) is 5.32 Å². The first-order valence-electron chi connectivity index (χ1n) is 2.77. The first kappa shape index (κ1) is 15.9. The summed E-state index contributed by atoms with van der Waals surface area (Å²) < 4.78 is 0. The van der Waals surface area contributed by atoms with Crippen molar-refractivity contribution in [3.05, 3.63) is 0 Å². The maximum atomic E-state index is 10.7. The van der Waals surface area contributed by atoms with Crippen LogP contribution in [0.3, 0.4) is 0 Å². The Hall–Kier alpha value is 0.470. The number of hydrogen-bond acceptors (Lipinski definition) is 3. The normalized spacial score (nSPS) is 18.9. The van der Waals surface area contributed by atoms with Gasteiger partial charge in [-0.1, -0.05) is 0 Å². The Morgan fingerprint density at radius 1 is 1.46 bits per heavy atom. The molecule has 1 fully saturated rings. The van der Waals surface area contributed by atoms with Crippen LogP contribution in [0.15, 0.2) is 0 Å². The van der Waals surface area contributed by atoms with E-state index in [1.54, 1.807) is 0 Å². The van der Waals surface area contributed by atoms with Gasteiger partial charge in [0.05, 0.1) is 0 Å². The summed E-state index contributed by atoms with van der Waals surface area (Å²) in [5.74, 6) is -0.617. The molecule has 9 heteroatoms. The number of nitrogens with one attached hydrogen (secondary N) is 3. The first-order chi connectivity index (χ1) is 5.09. The third-order valence-electron chi connectivity index (χ3n) is 1.06. The molecule has 0 spiro atoms. The molecule has 5 N–H and O–H groups in total. The van der Waals surface area contributed by atoms with E-state index in [-0.39, 0.29) is 67.3 Å². The van der Waals surface area contributed by atoms with Gasteiger partial charge in [0.25, 0.3) is 5.91 Å². The zero-order valence-corrected chi connectivity index (χ0v) is 5.38. The molecule has 0 aromatic rings. The average Bonchev–Trinajstić information content (AvgIpc) is 2.09. The van der Waals surface area contributed by atoms with E-state index in [1.165, 1.54) is 0 Å². The number of hydrogen-bond donors (Lipinski definition) is 4. The van der Waals surface area contributed by atoms with E-state index < -0.39 is 24.1 Å². The Morgan fingerprint density at radius 3 is 2.31 bits per heavy atom. The molecule has 0 saturated carbocycles. The summed E-state index contributed by atoms with van der Waals surface area (Å²) in [7, 11) is 0. The Labute approximate surface area is 126 Å². The van der Waals surface area contributed by atoms with Gasteiger partial charge in [-0.25, -0.2) is 9.59 Å². The fourth-order valence-electron chi connectivity index (χ4n) is 0.661. The van der Waals surface area contributed by atoms with E-state index in [1.807, 2.05) is 10.6 Å². The summed E-state index contributed by atoms with van der Waals surface area (Å²) in [6, 6.07) is -1.51. The van der Waals surface area contributed by atoms with Crippen LogP contribution in [0.25, 0.3) is 0 Å². The van der Waals surface area contributed by atoms with Crippen molar-refractivity contribution in [3.63, 3.8) is 0 Å². The maximum absolute atomic E-state index is 10.7. The topological polar surface area (TPSA) is 113 Å². The molecule has 13 heavy (non-hydrogen) atoms. The molecule has 1 aliphatic rings. The molecular weight excluding hydrogens is 215 g/mol. The van der Waals surface area contributed by atoms with Crippen molar-refractivity contribution in [2.75, 3.05) is 0 Å². The van der Waals surface area contributed by atoms with Gasteiger partial charge in [0.2, 0.25) is 0 Å². The quantitative estimate of drug-likeness (QED) is 0.271. The second-order valence-corrected chi connectivity index (χ2v) is 1.90. The third kappa shape index (κ3) is 5.04. The number of urea groups is 2. The van der Waals surface area contributed by atoms with Gasteiger partial charge in [-0.3, -0.25) is 10.1 Å². The van der Waals surface area contributed by atoms with E-state index in [0.717, 1.165) is 0 Å². The zero-order valence-electron chi connectivity index (χ0n) is 5.38. The van der Waals surface area contributed by atoms with E-state index in [0.29, 0.717) is 0 Å². The molecule has 1 rings (SSSR count). The molecule has 1 saturated heterocycles. The van der Waals surface area contributed by atoms with E-state index in [9.17, 15) is 14.4 Å². The van der Waals surface area contributed by atoms with Crippen molar-refractivity contribution in [1.29, 1.82) is 0 Å². The van der Waals surface area contributed by atoms with E-state index in [4.69, 9.17) is 5.73 Å². The van der Waals surface area contributed by atoms with Crippen molar-refractivity contribution in [2.24, 2.45) is 5.73 Å². The van der Waals surface area contributed by atoms with Gasteiger partial charge in [-0.2, -0.15) is 0 Å². The number of nitrogens with two attached hydrogens (primary N) is 1. The molecule has 0 aliphatic carbocycles. The summed E-state index contributed by atoms with van der Waals surface area (Å²) in [4.78, 5) is 31.3. The summed E-state index contributed by atoms with van der Waals surface area (Å²) in [6.07, 6.45) is -1.04. The van der Waals surface area contributed by atoms with Gasteiger partial charge in [0.1, 0.15) is 0 Å². The minimum absolute atomic E-state index is 0. The van der Waals surface area contributed by atoms with Gasteiger partial charge in [-0.05, 0) is 0 Å². The van der Waals surface area contributed by atoms with Gasteiger partial charge in [0, 0.05) is 0 Å². The predicted octanol–water partition coefficient (Wildman–Crippen LogP) is -3.74. The fourth-order valence-corrected chi connectivity index (χ4v) is 0.661. The van der Waals surface area contributed by atoms with Crippen LogP contribution in [0.4, 0.5) is 9.59 Å². The summed E-state index contributed by atoms with van der Waals surface area (Å²) >= 11 is 0. The molecule has 1 heterocycles. The fraction of sp³-hybridized carbons (Fsp3) is 0.250. The summed E-state index contributed by atoms with van der Waals surface area (Å²) in [5.41, 5.74) is 4.70. The molecule has 66 valence electrons. The van der Waals surface area contributed by atoms with Crippen molar-refractivity contribution < 1.29 is 14.4 Å². The standard InChI is InChI=1S/C4H6N4O3.Ca.Na.3H/c5-3(10)6-1-2(9)8-4(11)7-1;;;;;/h1H,(H3,5,6,10)(H2,7,8,9,11);;;;;. The van der Waals surface area contributed by atoms with Crippen LogP contribution < -0.4 is 21.7 Å². The Bertz CT molecular complexity index is 235. The number of imide groups is 1. The van der Waals surface area contributed by atoms with Crippen LogP contribution in [-0.4, -0.2) is 91.4 Å². The number of carbonyl (C=O) groups is 3. The van der Waals surface area contributed by atoms with Crippen LogP contribution in [-0.2, 0) is 4.79 Å². The molecule has 0 aromatic carbocycles. The van der Waals surface area contributed by atoms with Crippen molar-refractivity contribution in [1.82, 2.24) is 16.0 Å². The molecule has 5 amide bonds. The Kier molecular flexibility index (Phi) is 8.40. The average molecular weight is 224 g/mol. The third-order valence-corrected chi connectivity index (χ3v) is 1.06. The molecule has 0 bridgehead atoms. The van der Waals surface area contributed by atoms with Crippen LogP contribution in [0.1, 0.15) is 0 Å². The van der Waals surface area contributed by atoms with Crippen molar-refractivity contribution >= 4 is 85.3 Å². The monoisotopic (exact) mass is 224 g/mol. The molecule has 1 aliphatic heterocycles. The molecule has 7 nitrogen and oxygen atoms in total. The molecule has 0 aromatic heterocycles. The number of carbonyl (C=O) groups excluding carboxylic acids is 3. The minimum atomic E-state index is -1.04. The van der Waals surface area contributed by atoms with Crippen LogP contribution in [0, 0.1) is 0 Å². The van der Waals surface area contributed by atoms with Gasteiger partial charge in [0.15, 0.2) is 6.17 Å². The summed E-state index contributed by atoms with van der Waals surface area (Å²) in [5, 5.41) is 6.05. The second-order valence-electron chi connectivity index (χ2n) is 1.90. The zero-order chi connectivity index (χ0) is 8.43. The van der Waals surface area contributed by atoms with Gasteiger partial charge in [-0.15, -0.1) is 0 Å². The van der Waals surface area contributed by atoms with E-state index >= 15 is 0 Å². The predicted molar refractivity (Wildman–Crippen MR) is 48.9 cm³/mol. The molecular formula is C4H9CaN4NaO3. The van der Waals surface area contributed by atoms with Crippen molar-refractivity contribution in [2.45, 2.75) is 6.17 Å². The summed E-state index contributed by atoms with van der Waals surface area (Å²) in [6.45, 7) is 0. The first-order valence-corrected chi connectivity index (χ1v) is 2.77. The van der Waals surface area contributed by atoms with Crippen LogP contribution >= 0.6 is 0 Å². The Balaban J connectivity index is 0. The molecule has 0 radical (unpaired) electrons. The van der Waals surface area contributed by atoms with Gasteiger partial charge < -0.3 is 16.4 Å². The number of primary amides is 1. The second kappa shape index (κ2) is 6.85. The van der Waals surface area contributed by atoms with Gasteiger partial charge >= 0.3 is 79.4 Å². The molecule has 1 unspecified atom stereocenters. The van der Waals surface area contributed by atoms with Crippen molar-refractivity contribution in [3.8, 4) is 0 Å². The SMILES string of the molecule is NC(=O)NC1NC(=O)NC1=O.[CaH2].[NaH]. The Morgan fingerprint density at radius 2 is 2.00 bits per heavy atom. The van der Waals surface area contributed by atoms with Crippen LogP contribution in [0.2, 0.25) is 0 Å². The van der Waals surface area contributed by atoms with Crippen LogP contribution in [0.5, 0.6) is 0 Å².